The second-order valence-corrected chi connectivity index (χ2v) is 5.07. The molecule has 0 atom stereocenters. The Labute approximate surface area is 105 Å². The van der Waals surface area contributed by atoms with E-state index in [4.69, 9.17) is 0 Å². The van der Waals surface area contributed by atoms with Gasteiger partial charge >= 0.3 is 5.97 Å². The summed E-state index contributed by atoms with van der Waals surface area (Å²) in [5, 5.41) is 10.6. The molecule has 18 heavy (non-hydrogen) atoms. The third-order valence-electron chi connectivity index (χ3n) is 4.12. The predicted octanol–water partition coefficient (Wildman–Crippen LogP) is 2.85. The molecule has 0 spiro atoms. The molecule has 1 saturated carbocycles. The molecule has 0 aliphatic heterocycles. The van der Waals surface area contributed by atoms with Crippen LogP contribution < -0.4 is 0 Å². The number of rotatable bonds is 2. The Morgan fingerprint density at radius 2 is 2.11 bits per heavy atom. The van der Waals surface area contributed by atoms with E-state index in [1.807, 2.05) is 12.3 Å². The zero-order valence-electron chi connectivity index (χ0n) is 10.1. The van der Waals surface area contributed by atoms with Crippen LogP contribution in [0.5, 0.6) is 0 Å². The number of hydrogen-bond donors (Lipinski definition) is 2. The zero-order chi connectivity index (χ0) is 12.6. The lowest BCUT2D eigenvalue weighted by molar-refractivity contribution is -0.145. The molecule has 2 heterocycles. The SMILES string of the molecule is O=C(O)C1(c2c[nH]c3ccncc23)CCCCC1. The van der Waals surface area contributed by atoms with Gasteiger partial charge in [-0.3, -0.25) is 9.78 Å². The minimum atomic E-state index is -0.723. The van der Waals surface area contributed by atoms with Crippen molar-refractivity contribution in [3.8, 4) is 0 Å². The molecule has 2 aromatic heterocycles. The summed E-state index contributed by atoms with van der Waals surface area (Å²) in [6.07, 6.45) is 9.89. The van der Waals surface area contributed by atoms with E-state index in [-0.39, 0.29) is 0 Å². The quantitative estimate of drug-likeness (QED) is 0.853. The largest absolute Gasteiger partial charge is 0.481 e. The molecule has 4 nitrogen and oxygen atoms in total. The number of fused-ring (bicyclic) bond motifs is 1. The molecule has 4 heteroatoms. The van der Waals surface area contributed by atoms with E-state index in [2.05, 4.69) is 9.97 Å². The Morgan fingerprint density at radius 1 is 1.33 bits per heavy atom. The Morgan fingerprint density at radius 3 is 2.83 bits per heavy atom. The van der Waals surface area contributed by atoms with Crippen LogP contribution in [0, 0.1) is 0 Å². The highest BCUT2D eigenvalue weighted by Crippen LogP contribution is 2.42. The summed E-state index contributed by atoms with van der Waals surface area (Å²) in [6, 6.07) is 1.89. The van der Waals surface area contributed by atoms with Crippen molar-refractivity contribution < 1.29 is 9.90 Å². The van der Waals surface area contributed by atoms with Gasteiger partial charge in [-0.1, -0.05) is 19.3 Å². The molecule has 0 radical (unpaired) electrons. The number of carboxylic acid groups (broad SMARTS) is 1. The van der Waals surface area contributed by atoms with Crippen molar-refractivity contribution in [2.45, 2.75) is 37.5 Å². The normalized spacial score (nSPS) is 18.9. The summed E-state index contributed by atoms with van der Waals surface area (Å²) in [7, 11) is 0. The topological polar surface area (TPSA) is 66.0 Å². The van der Waals surface area contributed by atoms with Crippen molar-refractivity contribution in [1.82, 2.24) is 9.97 Å². The van der Waals surface area contributed by atoms with Gasteiger partial charge in [-0.05, 0) is 24.5 Å². The van der Waals surface area contributed by atoms with Crippen LogP contribution in [0.3, 0.4) is 0 Å². The molecule has 2 aromatic rings. The number of aromatic nitrogens is 2. The van der Waals surface area contributed by atoms with Gasteiger partial charge in [0.2, 0.25) is 0 Å². The highest BCUT2D eigenvalue weighted by atomic mass is 16.4. The first-order valence-corrected chi connectivity index (χ1v) is 6.39. The van der Waals surface area contributed by atoms with E-state index in [0.717, 1.165) is 48.6 Å². The summed E-state index contributed by atoms with van der Waals surface area (Å²) < 4.78 is 0. The number of H-pyrrole nitrogens is 1. The number of aliphatic carboxylic acids is 1. The molecule has 3 rings (SSSR count). The van der Waals surface area contributed by atoms with E-state index in [0.29, 0.717) is 0 Å². The zero-order valence-corrected chi connectivity index (χ0v) is 10.1. The van der Waals surface area contributed by atoms with Crippen LogP contribution in [-0.2, 0) is 10.2 Å². The van der Waals surface area contributed by atoms with Gasteiger partial charge in [0.05, 0.1) is 5.41 Å². The summed E-state index contributed by atoms with van der Waals surface area (Å²) in [6.45, 7) is 0. The summed E-state index contributed by atoms with van der Waals surface area (Å²) in [5.41, 5.74) is 1.14. The van der Waals surface area contributed by atoms with Gasteiger partial charge in [0.15, 0.2) is 0 Å². The fraction of sp³-hybridized carbons (Fsp3) is 0.429. The van der Waals surface area contributed by atoms with Gasteiger partial charge < -0.3 is 10.1 Å². The van der Waals surface area contributed by atoms with Crippen molar-refractivity contribution in [1.29, 1.82) is 0 Å². The lowest BCUT2D eigenvalue weighted by Crippen LogP contribution is -2.37. The molecule has 1 aliphatic carbocycles. The molecule has 0 amide bonds. The molecule has 2 N–H and O–H groups in total. The Kier molecular flexibility index (Phi) is 2.58. The second kappa shape index (κ2) is 4.12. The van der Waals surface area contributed by atoms with E-state index >= 15 is 0 Å². The maximum absolute atomic E-state index is 11.8. The maximum Gasteiger partial charge on any atom is 0.314 e. The minimum Gasteiger partial charge on any atom is -0.481 e. The van der Waals surface area contributed by atoms with Crippen LogP contribution in [0.4, 0.5) is 0 Å². The highest BCUT2D eigenvalue weighted by Gasteiger charge is 2.42. The van der Waals surface area contributed by atoms with Crippen molar-refractivity contribution >= 4 is 16.9 Å². The van der Waals surface area contributed by atoms with E-state index in [1.54, 1.807) is 12.4 Å². The number of carboxylic acids is 1. The fourth-order valence-corrected chi connectivity index (χ4v) is 3.11. The van der Waals surface area contributed by atoms with Crippen LogP contribution in [0.2, 0.25) is 0 Å². The monoisotopic (exact) mass is 244 g/mol. The number of pyridine rings is 1. The Bertz CT molecular complexity index is 582. The maximum atomic E-state index is 11.8. The number of nitrogens with one attached hydrogen (secondary N) is 1. The molecular weight excluding hydrogens is 228 g/mol. The van der Waals surface area contributed by atoms with E-state index < -0.39 is 11.4 Å². The molecule has 0 saturated heterocycles. The first-order valence-electron chi connectivity index (χ1n) is 6.39. The standard InChI is InChI=1S/C14H16N2O2/c17-13(18)14(5-2-1-3-6-14)11-9-16-12-4-7-15-8-10(11)12/h4,7-9,16H,1-3,5-6H2,(H,17,18). The molecule has 0 aromatic carbocycles. The van der Waals surface area contributed by atoms with Crippen LogP contribution in [0.1, 0.15) is 37.7 Å². The highest BCUT2D eigenvalue weighted by molar-refractivity contribution is 5.91. The van der Waals surface area contributed by atoms with Crippen molar-refractivity contribution in [2.24, 2.45) is 0 Å². The number of carbonyl (C=O) groups is 1. The first-order chi connectivity index (χ1) is 8.74. The minimum absolute atomic E-state index is 0.702. The van der Waals surface area contributed by atoms with Gasteiger partial charge in [0.25, 0.3) is 0 Å². The molecule has 94 valence electrons. The van der Waals surface area contributed by atoms with Crippen molar-refractivity contribution in [3.63, 3.8) is 0 Å². The van der Waals surface area contributed by atoms with Gasteiger partial charge in [-0.15, -0.1) is 0 Å². The predicted molar refractivity (Wildman–Crippen MR) is 68.5 cm³/mol. The van der Waals surface area contributed by atoms with Gasteiger partial charge in [0, 0.05) is 29.5 Å². The third kappa shape index (κ3) is 1.52. The van der Waals surface area contributed by atoms with Crippen LogP contribution in [0.15, 0.2) is 24.7 Å². The smallest absolute Gasteiger partial charge is 0.314 e. The lowest BCUT2D eigenvalue weighted by Gasteiger charge is -2.33. The number of nitrogens with zero attached hydrogens (tertiary/aromatic N) is 1. The Balaban J connectivity index is 2.18. The van der Waals surface area contributed by atoms with Gasteiger partial charge in [-0.2, -0.15) is 0 Å². The summed E-state index contributed by atoms with van der Waals surface area (Å²) >= 11 is 0. The van der Waals surface area contributed by atoms with Crippen LogP contribution in [-0.4, -0.2) is 21.0 Å². The molecular formula is C14H16N2O2. The fourth-order valence-electron chi connectivity index (χ4n) is 3.11. The summed E-state index contributed by atoms with van der Waals surface area (Å²) in [4.78, 5) is 19.1. The van der Waals surface area contributed by atoms with Crippen molar-refractivity contribution in [3.05, 3.63) is 30.2 Å². The summed E-state index contributed by atoms with van der Waals surface area (Å²) in [5.74, 6) is -0.702. The molecule has 0 unspecified atom stereocenters. The average Bonchev–Trinajstić information content (AvgIpc) is 2.83. The molecule has 0 bridgehead atoms. The number of hydrogen-bond acceptors (Lipinski definition) is 2. The van der Waals surface area contributed by atoms with E-state index in [1.165, 1.54) is 0 Å². The molecule has 1 aliphatic rings. The van der Waals surface area contributed by atoms with Gasteiger partial charge in [-0.25, -0.2) is 0 Å². The average molecular weight is 244 g/mol. The van der Waals surface area contributed by atoms with Gasteiger partial charge in [0.1, 0.15) is 0 Å². The second-order valence-electron chi connectivity index (χ2n) is 5.07. The first kappa shape index (κ1) is 11.3. The Hall–Kier alpha value is -1.84. The number of aromatic amines is 1. The molecule has 1 fully saturated rings. The third-order valence-corrected chi connectivity index (χ3v) is 4.12. The van der Waals surface area contributed by atoms with Crippen LogP contribution in [0.25, 0.3) is 10.9 Å². The van der Waals surface area contributed by atoms with Crippen LogP contribution >= 0.6 is 0 Å². The van der Waals surface area contributed by atoms with Crippen molar-refractivity contribution in [2.75, 3.05) is 0 Å². The lowest BCUT2D eigenvalue weighted by atomic mass is 9.69. The van der Waals surface area contributed by atoms with E-state index in [9.17, 15) is 9.90 Å².